The van der Waals surface area contributed by atoms with Crippen LogP contribution in [0.3, 0.4) is 0 Å². The molecule has 476 valence electrons. The Hall–Kier alpha value is -7.69. The third-order valence-electron chi connectivity index (χ3n) is 23.5. The number of hydrogen-bond donors (Lipinski definition) is 0. The topological polar surface area (TPSA) is 42.4 Å². The molecule has 8 aromatic carbocycles. The third-order valence-corrected chi connectivity index (χ3v) is 23.5. The second-order valence-corrected chi connectivity index (χ2v) is 29.8. The van der Waals surface area contributed by atoms with Crippen molar-refractivity contribution in [2.45, 2.75) is 231 Å². The molecule has 4 heteroatoms. The highest BCUT2D eigenvalue weighted by atomic mass is 16.3. The van der Waals surface area contributed by atoms with Gasteiger partial charge in [0.05, 0.1) is 0 Å². The number of pyridine rings is 1. The summed E-state index contributed by atoms with van der Waals surface area (Å²) in [5, 5.41) is 4.99. The van der Waals surface area contributed by atoms with E-state index in [9.17, 15) is 0 Å². The number of rotatable bonds is 27. The molecule has 3 aromatic heterocycles. The lowest BCUT2D eigenvalue weighted by Crippen LogP contribution is -2.33. The van der Waals surface area contributed by atoms with Gasteiger partial charge in [0.25, 0.3) is 0 Å². The number of benzene rings is 8. The van der Waals surface area contributed by atoms with Crippen molar-refractivity contribution in [2.75, 3.05) is 4.90 Å². The predicted molar refractivity (Wildman–Crippen MR) is 395 cm³/mol. The Kier molecular flexibility index (Phi) is 16.5. The van der Waals surface area contributed by atoms with Crippen LogP contribution in [0, 0.1) is 0 Å². The van der Waals surface area contributed by atoms with E-state index in [0.717, 1.165) is 46.7 Å². The van der Waals surface area contributed by atoms with Crippen molar-refractivity contribution >= 4 is 61.1 Å². The summed E-state index contributed by atoms with van der Waals surface area (Å²) in [7, 11) is 0. The first-order chi connectivity index (χ1) is 45.5. The van der Waals surface area contributed by atoms with Gasteiger partial charge in [-0.05, 0) is 176 Å². The quantitative estimate of drug-likeness (QED) is 0.0481. The Morgan fingerprint density at radius 1 is 0.344 bits per heavy atom. The van der Waals surface area contributed by atoms with Gasteiger partial charge in [-0.15, -0.1) is 0 Å². The molecule has 0 saturated carbocycles. The van der Waals surface area contributed by atoms with Gasteiger partial charge in [-0.25, -0.2) is 4.98 Å². The number of aromatic nitrogens is 1. The van der Waals surface area contributed by atoms with Crippen molar-refractivity contribution in [3.63, 3.8) is 0 Å². The van der Waals surface area contributed by atoms with Crippen LogP contribution < -0.4 is 4.90 Å². The van der Waals surface area contributed by atoms with Crippen LogP contribution in [0.4, 0.5) is 17.2 Å². The number of anilines is 3. The summed E-state index contributed by atoms with van der Waals surface area (Å²) >= 11 is 0. The molecule has 11 aromatic rings. The molecule has 4 nitrogen and oxygen atoms in total. The molecule has 0 fully saturated rings. The second kappa shape index (κ2) is 24.9. The summed E-state index contributed by atoms with van der Waals surface area (Å²) in [6.45, 7) is 19.2. The van der Waals surface area contributed by atoms with Gasteiger partial charge >= 0.3 is 0 Å². The van der Waals surface area contributed by atoms with Crippen LogP contribution in [-0.4, -0.2) is 4.98 Å². The summed E-state index contributed by atoms with van der Waals surface area (Å²) in [5.41, 5.74) is 28.4. The van der Waals surface area contributed by atoms with E-state index in [4.69, 9.17) is 13.8 Å². The van der Waals surface area contributed by atoms with E-state index in [0.29, 0.717) is 0 Å². The Balaban J connectivity index is 0.943. The molecule has 0 spiro atoms. The molecule has 0 N–H and O–H groups in total. The number of para-hydroxylation sites is 2. The van der Waals surface area contributed by atoms with Gasteiger partial charge < -0.3 is 8.83 Å². The molecule has 0 amide bonds. The molecule has 4 aliphatic carbocycles. The average Bonchev–Trinajstić information content (AvgIpc) is 1.50. The smallest absolute Gasteiger partial charge is 0.144 e. The van der Waals surface area contributed by atoms with E-state index in [1.807, 2.05) is 6.20 Å². The maximum Gasteiger partial charge on any atom is 0.144 e. The summed E-state index contributed by atoms with van der Waals surface area (Å²) < 4.78 is 14.1. The summed E-state index contributed by atoms with van der Waals surface area (Å²) in [4.78, 5) is 7.82. The van der Waals surface area contributed by atoms with Crippen LogP contribution in [-0.2, 0) is 21.7 Å². The molecule has 4 aliphatic rings. The molecule has 3 heterocycles. The molecule has 93 heavy (non-hydrogen) atoms. The van der Waals surface area contributed by atoms with Gasteiger partial charge in [-0.1, -0.05) is 269 Å². The van der Waals surface area contributed by atoms with Gasteiger partial charge in [0.15, 0.2) is 0 Å². The largest absolute Gasteiger partial charge is 0.456 e. The number of unbranched alkanes of at least 4 members (excludes halogenated alkanes) is 16. The monoisotopic (exact) mass is 1230 g/mol. The first kappa shape index (κ1) is 61.5. The van der Waals surface area contributed by atoms with E-state index >= 15 is 0 Å². The molecule has 0 bridgehead atoms. The average molecular weight is 1230 g/mol. The lowest BCUT2D eigenvalue weighted by Gasteiger charge is -2.40. The second-order valence-electron chi connectivity index (χ2n) is 29.8. The minimum atomic E-state index is -0.287. The summed E-state index contributed by atoms with van der Waals surface area (Å²) in [5.74, 6) is 0.935. The highest BCUT2D eigenvalue weighted by Gasteiger charge is 2.54. The summed E-state index contributed by atoms with van der Waals surface area (Å²) in [6.07, 6.45) is 31.8. The maximum absolute atomic E-state index is 7.53. The van der Waals surface area contributed by atoms with Crippen molar-refractivity contribution in [3.05, 3.63) is 202 Å². The molecular formula is C89H98N2O2. The Bertz CT molecular complexity index is 4580. The number of furan rings is 2. The Morgan fingerprint density at radius 2 is 0.828 bits per heavy atom. The molecular weight excluding hydrogens is 1130 g/mol. The van der Waals surface area contributed by atoms with Crippen LogP contribution in [0.1, 0.15) is 254 Å². The molecule has 15 rings (SSSR count). The van der Waals surface area contributed by atoms with Crippen molar-refractivity contribution in [1.29, 1.82) is 0 Å². The fourth-order valence-corrected chi connectivity index (χ4v) is 18.8. The van der Waals surface area contributed by atoms with Gasteiger partial charge in [0.1, 0.15) is 28.1 Å². The van der Waals surface area contributed by atoms with Crippen LogP contribution >= 0.6 is 0 Å². The molecule has 0 radical (unpaired) electrons. The zero-order chi connectivity index (χ0) is 63.6. The highest BCUT2D eigenvalue weighted by molar-refractivity contribution is 6.21. The number of nitrogens with zero attached hydrogens (tertiary/aromatic N) is 2. The summed E-state index contributed by atoms with van der Waals surface area (Å²) in [6, 6.07) is 58.7. The Morgan fingerprint density at radius 3 is 1.45 bits per heavy atom. The maximum atomic E-state index is 7.53. The number of hydrogen-bond acceptors (Lipinski definition) is 4. The SMILES string of the molecule is CCCCCCCC1(CCCCCCC)c2ccccc2-c2c1c1c(c3c2oc2ccccc23)-c2ccc(N(c3ccc4c(c3)C(C)(C)c3cc5c(cc3-4)C(C)(C)c3ccc4oc6ccccc6c4c3-5)c3ccccn3)cc2C1(CCCCCCC)CCCCCCC. The fourth-order valence-electron chi connectivity index (χ4n) is 18.8. The van der Waals surface area contributed by atoms with Crippen molar-refractivity contribution < 1.29 is 8.83 Å². The number of fused-ring (bicyclic) bond motifs is 22. The Labute approximate surface area is 554 Å². The minimum Gasteiger partial charge on any atom is -0.456 e. The first-order valence-corrected chi connectivity index (χ1v) is 36.8. The van der Waals surface area contributed by atoms with Gasteiger partial charge in [-0.2, -0.15) is 0 Å². The van der Waals surface area contributed by atoms with Gasteiger partial charge in [-0.3, -0.25) is 4.90 Å². The van der Waals surface area contributed by atoms with Gasteiger partial charge in [0, 0.05) is 66.3 Å². The zero-order valence-electron chi connectivity index (χ0n) is 57.2. The first-order valence-electron chi connectivity index (χ1n) is 36.8. The van der Waals surface area contributed by atoms with Crippen molar-refractivity contribution in [3.8, 4) is 44.5 Å². The van der Waals surface area contributed by atoms with E-state index in [-0.39, 0.29) is 21.7 Å². The fraction of sp³-hybridized carbons (Fsp3) is 0.404. The van der Waals surface area contributed by atoms with Crippen LogP contribution in [0.15, 0.2) is 167 Å². The minimum absolute atomic E-state index is 0.143. The van der Waals surface area contributed by atoms with Crippen LogP contribution in [0.5, 0.6) is 0 Å². The molecule has 0 aliphatic heterocycles. The van der Waals surface area contributed by atoms with Crippen LogP contribution in [0.2, 0.25) is 0 Å². The molecule has 0 atom stereocenters. The van der Waals surface area contributed by atoms with Crippen LogP contribution in [0.25, 0.3) is 88.4 Å². The van der Waals surface area contributed by atoms with E-state index in [2.05, 4.69) is 212 Å². The van der Waals surface area contributed by atoms with E-state index in [1.165, 1.54) is 241 Å². The molecule has 0 unspecified atom stereocenters. The molecule has 0 saturated heterocycles. The standard InChI is InChI=1S/C89H98N2O2/c1-9-13-17-21-32-50-88(51-33-22-18-14-10-2)68-40-28-25-37-62(68)82-84(88)83-80(81-65-39-27-30-42-75(65)93-85(81)82)63-47-45-60(56-73(63)89(83,52-34-23-19-15-11-3)53-35-24-20-16-12-4)91(77-43-31-36-54-90-77)59-44-46-61-66-57-72-67(58-71(66)87(7,8)70(61)55-59)78-69(86(72,5)6)48-49-76-79(78)64-38-26-29-41-74(64)92-76/h25-31,36-49,54-58H,9-24,32-35,50-53H2,1-8H3. The normalized spacial score (nSPS) is 15.4. The predicted octanol–water partition coefficient (Wildman–Crippen LogP) is 26.9. The van der Waals surface area contributed by atoms with Gasteiger partial charge in [0.2, 0.25) is 0 Å². The third kappa shape index (κ3) is 9.89. The highest BCUT2D eigenvalue weighted by Crippen LogP contribution is 2.68. The lowest BCUT2D eigenvalue weighted by atomic mass is 9.62. The zero-order valence-corrected chi connectivity index (χ0v) is 57.2. The van der Waals surface area contributed by atoms with Crippen molar-refractivity contribution in [1.82, 2.24) is 4.98 Å². The van der Waals surface area contributed by atoms with E-state index in [1.54, 1.807) is 16.7 Å². The lowest BCUT2D eigenvalue weighted by molar-refractivity contribution is 0.369. The van der Waals surface area contributed by atoms with Crippen molar-refractivity contribution in [2.24, 2.45) is 0 Å². The van der Waals surface area contributed by atoms with E-state index < -0.39 is 0 Å².